The lowest BCUT2D eigenvalue weighted by molar-refractivity contribution is -0.134. The smallest absolute Gasteiger partial charge is 0.223 e. The highest BCUT2D eigenvalue weighted by molar-refractivity contribution is 5.83. The van der Waals surface area contributed by atoms with E-state index >= 15 is 0 Å². The number of amides is 2. The third-order valence-corrected chi connectivity index (χ3v) is 3.34. The first-order valence-electron chi connectivity index (χ1n) is 7.95. The van der Waals surface area contributed by atoms with E-state index in [1.807, 2.05) is 37.3 Å². The molecular weight excluding hydrogens is 278 g/mol. The molecule has 5 heteroatoms. The Kier molecular flexibility index (Phi) is 8.91. The summed E-state index contributed by atoms with van der Waals surface area (Å²) >= 11 is 0. The Morgan fingerprint density at radius 2 is 1.91 bits per heavy atom. The van der Waals surface area contributed by atoms with E-state index in [0.717, 1.165) is 18.4 Å². The van der Waals surface area contributed by atoms with Crippen molar-refractivity contribution in [3.8, 4) is 0 Å². The molecule has 0 radical (unpaired) electrons. The molecule has 0 aliphatic carbocycles. The molecule has 0 aliphatic heterocycles. The van der Waals surface area contributed by atoms with Crippen molar-refractivity contribution in [2.45, 2.75) is 39.2 Å². The summed E-state index contributed by atoms with van der Waals surface area (Å²) in [5.74, 6) is -0.0577. The van der Waals surface area contributed by atoms with Gasteiger partial charge >= 0.3 is 0 Å². The van der Waals surface area contributed by atoms with Crippen LogP contribution in [0.1, 0.15) is 38.2 Å². The van der Waals surface area contributed by atoms with Crippen LogP contribution >= 0.6 is 0 Å². The Hall–Kier alpha value is -1.88. The summed E-state index contributed by atoms with van der Waals surface area (Å²) in [5, 5.41) is 2.79. The van der Waals surface area contributed by atoms with Gasteiger partial charge in [-0.3, -0.25) is 9.59 Å². The molecule has 0 bridgehead atoms. The molecule has 5 nitrogen and oxygen atoms in total. The summed E-state index contributed by atoms with van der Waals surface area (Å²) in [5.41, 5.74) is 6.63. The number of nitrogens with two attached hydrogens (primary N) is 1. The summed E-state index contributed by atoms with van der Waals surface area (Å²) in [6.45, 7) is 4.40. The Morgan fingerprint density at radius 3 is 2.55 bits per heavy atom. The van der Waals surface area contributed by atoms with Gasteiger partial charge in [0.25, 0.3) is 0 Å². The monoisotopic (exact) mass is 305 g/mol. The normalized spacial score (nSPS) is 10.3. The van der Waals surface area contributed by atoms with Gasteiger partial charge in [0.1, 0.15) is 0 Å². The van der Waals surface area contributed by atoms with Gasteiger partial charge in [-0.15, -0.1) is 0 Å². The molecule has 0 saturated carbocycles. The summed E-state index contributed by atoms with van der Waals surface area (Å²) in [6, 6.07) is 9.86. The number of hydrogen-bond acceptors (Lipinski definition) is 3. The molecule has 0 fully saturated rings. The highest BCUT2D eigenvalue weighted by Gasteiger charge is 2.15. The minimum Gasteiger partial charge on any atom is -0.356 e. The average molecular weight is 305 g/mol. The molecule has 22 heavy (non-hydrogen) atoms. The number of benzene rings is 1. The standard InChI is InChI=1S/C17H27N3O2/c1-2-12-19-16(21)9-10-17(22)20(13-6-11-18)14-15-7-4-3-5-8-15/h3-5,7-8H,2,6,9-14,18H2,1H3,(H,19,21). The number of carbonyl (C=O) groups excluding carboxylic acids is 2. The predicted molar refractivity (Wildman–Crippen MR) is 88.1 cm³/mol. The molecule has 0 atom stereocenters. The lowest BCUT2D eigenvalue weighted by Gasteiger charge is -2.22. The van der Waals surface area contributed by atoms with Crippen LogP contribution in [-0.2, 0) is 16.1 Å². The third-order valence-electron chi connectivity index (χ3n) is 3.34. The van der Waals surface area contributed by atoms with E-state index < -0.39 is 0 Å². The van der Waals surface area contributed by atoms with Gasteiger partial charge in [0, 0.05) is 32.5 Å². The molecule has 0 unspecified atom stereocenters. The zero-order chi connectivity index (χ0) is 16.2. The summed E-state index contributed by atoms with van der Waals surface area (Å²) in [4.78, 5) is 25.7. The van der Waals surface area contributed by atoms with Crippen molar-refractivity contribution in [1.29, 1.82) is 0 Å². The molecule has 0 heterocycles. The summed E-state index contributed by atoms with van der Waals surface area (Å²) < 4.78 is 0. The Bertz CT molecular complexity index is 448. The fourth-order valence-electron chi connectivity index (χ4n) is 2.11. The zero-order valence-electron chi connectivity index (χ0n) is 13.4. The fourth-order valence-corrected chi connectivity index (χ4v) is 2.11. The second kappa shape index (κ2) is 10.8. The van der Waals surface area contributed by atoms with Crippen LogP contribution in [0.5, 0.6) is 0 Å². The topological polar surface area (TPSA) is 75.4 Å². The number of nitrogens with one attached hydrogen (secondary N) is 1. The predicted octanol–water partition coefficient (Wildman–Crippen LogP) is 1.67. The maximum absolute atomic E-state index is 12.3. The number of hydrogen-bond donors (Lipinski definition) is 2. The van der Waals surface area contributed by atoms with Crippen LogP contribution in [0.4, 0.5) is 0 Å². The van der Waals surface area contributed by atoms with E-state index in [1.165, 1.54) is 0 Å². The molecule has 0 aliphatic rings. The maximum Gasteiger partial charge on any atom is 0.223 e. The second-order valence-electron chi connectivity index (χ2n) is 5.29. The van der Waals surface area contributed by atoms with Crippen LogP contribution in [0.2, 0.25) is 0 Å². The van der Waals surface area contributed by atoms with Crippen molar-refractivity contribution in [3.63, 3.8) is 0 Å². The van der Waals surface area contributed by atoms with Gasteiger partial charge in [-0.25, -0.2) is 0 Å². The van der Waals surface area contributed by atoms with Crippen molar-refractivity contribution in [1.82, 2.24) is 10.2 Å². The maximum atomic E-state index is 12.3. The number of carbonyl (C=O) groups is 2. The molecule has 2 amide bonds. The van der Waals surface area contributed by atoms with E-state index in [-0.39, 0.29) is 24.7 Å². The molecule has 1 aromatic rings. The Balaban J connectivity index is 2.51. The SMILES string of the molecule is CCCNC(=O)CCC(=O)N(CCCN)Cc1ccccc1. The molecule has 3 N–H and O–H groups in total. The number of nitrogens with zero attached hydrogens (tertiary/aromatic N) is 1. The Labute approximate surface area is 132 Å². The van der Waals surface area contributed by atoms with Gasteiger partial charge in [-0.1, -0.05) is 37.3 Å². The summed E-state index contributed by atoms with van der Waals surface area (Å²) in [6.07, 6.45) is 2.15. The van der Waals surface area contributed by atoms with Gasteiger partial charge in [0.15, 0.2) is 0 Å². The molecule has 0 aromatic heterocycles. The minimum absolute atomic E-state index is 0.00366. The first-order valence-corrected chi connectivity index (χ1v) is 7.95. The van der Waals surface area contributed by atoms with Gasteiger partial charge in [-0.05, 0) is 24.9 Å². The largest absolute Gasteiger partial charge is 0.356 e. The van der Waals surface area contributed by atoms with E-state index in [9.17, 15) is 9.59 Å². The molecule has 1 aromatic carbocycles. The van der Waals surface area contributed by atoms with Crippen molar-refractivity contribution in [2.75, 3.05) is 19.6 Å². The molecule has 122 valence electrons. The summed E-state index contributed by atoms with van der Waals surface area (Å²) in [7, 11) is 0. The van der Waals surface area contributed by atoms with Crippen LogP contribution in [0.3, 0.4) is 0 Å². The van der Waals surface area contributed by atoms with E-state index in [2.05, 4.69) is 5.32 Å². The fraction of sp³-hybridized carbons (Fsp3) is 0.529. The van der Waals surface area contributed by atoms with Crippen LogP contribution in [0.15, 0.2) is 30.3 Å². The quantitative estimate of drug-likeness (QED) is 0.690. The average Bonchev–Trinajstić information content (AvgIpc) is 2.55. The van der Waals surface area contributed by atoms with Gasteiger partial charge in [0.2, 0.25) is 11.8 Å². The van der Waals surface area contributed by atoms with Crippen LogP contribution in [0.25, 0.3) is 0 Å². The molecular formula is C17H27N3O2. The molecule has 0 saturated heterocycles. The van der Waals surface area contributed by atoms with E-state index in [0.29, 0.717) is 26.2 Å². The lowest BCUT2D eigenvalue weighted by Crippen LogP contribution is -2.33. The Morgan fingerprint density at radius 1 is 1.18 bits per heavy atom. The van der Waals surface area contributed by atoms with Crippen molar-refractivity contribution in [3.05, 3.63) is 35.9 Å². The van der Waals surface area contributed by atoms with Crippen molar-refractivity contribution < 1.29 is 9.59 Å². The first kappa shape index (κ1) is 18.2. The molecule has 1 rings (SSSR count). The van der Waals surface area contributed by atoms with Gasteiger partial charge < -0.3 is 16.0 Å². The highest BCUT2D eigenvalue weighted by atomic mass is 16.2. The first-order chi connectivity index (χ1) is 10.7. The van der Waals surface area contributed by atoms with Crippen LogP contribution in [-0.4, -0.2) is 36.3 Å². The van der Waals surface area contributed by atoms with E-state index in [1.54, 1.807) is 4.90 Å². The van der Waals surface area contributed by atoms with Gasteiger partial charge in [0.05, 0.1) is 0 Å². The minimum atomic E-state index is -0.0614. The number of rotatable bonds is 10. The van der Waals surface area contributed by atoms with Gasteiger partial charge in [-0.2, -0.15) is 0 Å². The second-order valence-corrected chi connectivity index (χ2v) is 5.29. The van der Waals surface area contributed by atoms with E-state index in [4.69, 9.17) is 5.73 Å². The van der Waals surface area contributed by atoms with Crippen molar-refractivity contribution in [2.24, 2.45) is 5.73 Å². The third kappa shape index (κ3) is 7.22. The van der Waals surface area contributed by atoms with Crippen LogP contribution in [0, 0.1) is 0 Å². The molecule has 0 spiro atoms. The van der Waals surface area contributed by atoms with Crippen molar-refractivity contribution >= 4 is 11.8 Å². The van der Waals surface area contributed by atoms with Crippen LogP contribution < -0.4 is 11.1 Å². The highest BCUT2D eigenvalue weighted by Crippen LogP contribution is 2.08. The lowest BCUT2D eigenvalue weighted by atomic mass is 10.2. The zero-order valence-corrected chi connectivity index (χ0v) is 13.4.